The molecule has 0 saturated carbocycles. The number of methoxy groups -OCH3 is 3. The predicted molar refractivity (Wildman–Crippen MR) is 83.9 cm³/mol. The van der Waals surface area contributed by atoms with Gasteiger partial charge < -0.3 is 19.1 Å². The van der Waals surface area contributed by atoms with E-state index < -0.39 is 0 Å². The van der Waals surface area contributed by atoms with Gasteiger partial charge in [0.05, 0.1) is 26.9 Å². The number of hydrogen-bond donors (Lipinski definition) is 0. The van der Waals surface area contributed by atoms with Crippen LogP contribution in [0.4, 0.5) is 0 Å². The van der Waals surface area contributed by atoms with Crippen molar-refractivity contribution in [3.05, 3.63) is 22.2 Å². The van der Waals surface area contributed by atoms with Gasteiger partial charge in [-0.25, -0.2) is 0 Å². The fraction of sp³-hybridized carbons (Fsp3) is 0.467. The van der Waals surface area contributed by atoms with E-state index in [0.29, 0.717) is 5.75 Å². The van der Waals surface area contributed by atoms with Gasteiger partial charge in [-0.15, -0.1) is 0 Å². The van der Waals surface area contributed by atoms with E-state index in [1.807, 2.05) is 6.07 Å². The van der Waals surface area contributed by atoms with Crippen molar-refractivity contribution in [2.75, 3.05) is 41.5 Å². The smallest absolute Gasteiger partial charge is 0.148 e. The zero-order valence-corrected chi connectivity index (χ0v) is 13.9. The third-order valence-corrected chi connectivity index (χ3v) is 4.28. The molecule has 0 atom stereocenters. The van der Waals surface area contributed by atoms with Crippen LogP contribution in [0.5, 0.6) is 17.2 Å². The van der Waals surface area contributed by atoms with Crippen molar-refractivity contribution in [1.82, 2.24) is 4.90 Å². The predicted octanol–water partition coefficient (Wildman–Crippen LogP) is 3.19. The van der Waals surface area contributed by atoms with Crippen molar-refractivity contribution in [3.63, 3.8) is 0 Å². The standard InChI is InChI=1S/C15H20BrNO3/c1-17-7-5-10(6-8-17)13-11(18-2)9-12(19-3)14(16)15(13)20-4/h5,9H,6-8H2,1-4H3. The highest BCUT2D eigenvalue weighted by Crippen LogP contribution is 2.46. The lowest BCUT2D eigenvalue weighted by Gasteiger charge is -2.25. The minimum Gasteiger partial charge on any atom is -0.496 e. The molecule has 4 nitrogen and oxygen atoms in total. The number of halogens is 1. The van der Waals surface area contributed by atoms with E-state index in [4.69, 9.17) is 14.2 Å². The molecular formula is C15H20BrNO3. The van der Waals surface area contributed by atoms with Gasteiger partial charge in [-0.2, -0.15) is 0 Å². The topological polar surface area (TPSA) is 30.9 Å². The molecule has 2 rings (SSSR count). The van der Waals surface area contributed by atoms with Gasteiger partial charge in [0, 0.05) is 19.2 Å². The number of ether oxygens (including phenoxy) is 3. The summed E-state index contributed by atoms with van der Waals surface area (Å²) in [7, 11) is 7.08. The van der Waals surface area contributed by atoms with Gasteiger partial charge in [0.25, 0.3) is 0 Å². The highest BCUT2D eigenvalue weighted by molar-refractivity contribution is 9.10. The molecule has 1 aromatic carbocycles. The van der Waals surface area contributed by atoms with Crippen LogP contribution in [0, 0.1) is 0 Å². The summed E-state index contributed by atoms with van der Waals surface area (Å²) in [6.45, 7) is 1.97. The first kappa shape index (κ1) is 15.2. The van der Waals surface area contributed by atoms with E-state index in [2.05, 4.69) is 34.0 Å². The van der Waals surface area contributed by atoms with Crippen molar-refractivity contribution in [3.8, 4) is 17.2 Å². The summed E-state index contributed by atoms with van der Waals surface area (Å²) in [4.78, 5) is 2.28. The quantitative estimate of drug-likeness (QED) is 0.841. The molecule has 20 heavy (non-hydrogen) atoms. The average Bonchev–Trinajstić information content (AvgIpc) is 2.47. The Morgan fingerprint density at radius 1 is 1.10 bits per heavy atom. The second-order valence-corrected chi connectivity index (χ2v) is 5.54. The maximum absolute atomic E-state index is 5.58. The Kier molecular flexibility index (Phi) is 4.94. The minimum absolute atomic E-state index is 0.705. The molecule has 0 radical (unpaired) electrons. The number of benzene rings is 1. The molecule has 1 aromatic rings. The van der Waals surface area contributed by atoms with Gasteiger partial charge in [0.2, 0.25) is 0 Å². The number of hydrogen-bond acceptors (Lipinski definition) is 4. The van der Waals surface area contributed by atoms with Crippen molar-refractivity contribution >= 4 is 21.5 Å². The van der Waals surface area contributed by atoms with Crippen molar-refractivity contribution < 1.29 is 14.2 Å². The van der Waals surface area contributed by atoms with Crippen LogP contribution in [0.1, 0.15) is 12.0 Å². The van der Waals surface area contributed by atoms with Gasteiger partial charge in [0.1, 0.15) is 21.7 Å². The molecule has 1 aliphatic heterocycles. The van der Waals surface area contributed by atoms with Crippen LogP contribution in [0.3, 0.4) is 0 Å². The summed E-state index contributed by atoms with van der Waals surface area (Å²) >= 11 is 3.55. The zero-order valence-electron chi connectivity index (χ0n) is 12.3. The minimum atomic E-state index is 0.705. The normalized spacial score (nSPS) is 15.8. The summed E-state index contributed by atoms with van der Waals surface area (Å²) in [5.74, 6) is 2.24. The molecule has 0 N–H and O–H groups in total. The third-order valence-electron chi connectivity index (χ3n) is 3.53. The van der Waals surface area contributed by atoms with Gasteiger partial charge in [-0.05, 0) is 35.0 Å². The first-order valence-electron chi connectivity index (χ1n) is 6.48. The van der Waals surface area contributed by atoms with Crippen molar-refractivity contribution in [2.45, 2.75) is 6.42 Å². The zero-order chi connectivity index (χ0) is 14.7. The van der Waals surface area contributed by atoms with E-state index in [1.54, 1.807) is 21.3 Å². The Labute approximate surface area is 128 Å². The fourth-order valence-corrected chi connectivity index (χ4v) is 3.03. The van der Waals surface area contributed by atoms with Crippen LogP contribution in [0.15, 0.2) is 16.6 Å². The van der Waals surface area contributed by atoms with Crippen LogP contribution in [-0.4, -0.2) is 46.4 Å². The summed E-state index contributed by atoms with van der Waals surface area (Å²) in [5, 5.41) is 0. The van der Waals surface area contributed by atoms with E-state index in [0.717, 1.165) is 41.0 Å². The largest absolute Gasteiger partial charge is 0.496 e. The molecule has 110 valence electrons. The second-order valence-electron chi connectivity index (χ2n) is 4.74. The molecular weight excluding hydrogens is 322 g/mol. The van der Waals surface area contributed by atoms with E-state index >= 15 is 0 Å². The van der Waals surface area contributed by atoms with E-state index in [1.165, 1.54) is 5.57 Å². The van der Waals surface area contributed by atoms with Gasteiger partial charge in [-0.3, -0.25) is 0 Å². The lowest BCUT2D eigenvalue weighted by atomic mass is 9.97. The lowest BCUT2D eigenvalue weighted by Crippen LogP contribution is -2.24. The van der Waals surface area contributed by atoms with E-state index in [-0.39, 0.29) is 0 Å². The van der Waals surface area contributed by atoms with Gasteiger partial charge in [0.15, 0.2) is 0 Å². The Balaban J connectivity index is 2.58. The molecule has 0 aliphatic carbocycles. The highest BCUT2D eigenvalue weighted by Gasteiger charge is 2.23. The fourth-order valence-electron chi connectivity index (χ4n) is 2.39. The van der Waals surface area contributed by atoms with Crippen LogP contribution < -0.4 is 14.2 Å². The Hall–Kier alpha value is -1.20. The van der Waals surface area contributed by atoms with Crippen LogP contribution in [0.2, 0.25) is 0 Å². The third kappa shape index (κ3) is 2.79. The Morgan fingerprint density at radius 3 is 2.30 bits per heavy atom. The van der Waals surface area contributed by atoms with Crippen LogP contribution >= 0.6 is 15.9 Å². The SMILES string of the molecule is COc1cc(OC)c(C2=CCN(C)CC2)c(OC)c1Br. The average molecular weight is 342 g/mol. The molecule has 0 fully saturated rings. The van der Waals surface area contributed by atoms with Crippen molar-refractivity contribution in [2.24, 2.45) is 0 Å². The monoisotopic (exact) mass is 341 g/mol. The molecule has 0 saturated heterocycles. The molecule has 0 spiro atoms. The summed E-state index contributed by atoms with van der Waals surface area (Å²) in [6, 6.07) is 1.89. The lowest BCUT2D eigenvalue weighted by molar-refractivity contribution is 0.361. The second kappa shape index (κ2) is 6.50. The molecule has 1 heterocycles. The number of likely N-dealkylation sites (N-methyl/N-ethyl adjacent to an activating group) is 1. The van der Waals surface area contributed by atoms with E-state index in [9.17, 15) is 0 Å². The molecule has 0 amide bonds. The first-order chi connectivity index (χ1) is 9.62. The van der Waals surface area contributed by atoms with Crippen LogP contribution in [0.25, 0.3) is 5.57 Å². The molecule has 1 aliphatic rings. The molecule has 0 unspecified atom stereocenters. The Morgan fingerprint density at radius 2 is 1.80 bits per heavy atom. The van der Waals surface area contributed by atoms with Gasteiger partial charge >= 0.3 is 0 Å². The number of rotatable bonds is 4. The summed E-state index contributed by atoms with van der Waals surface area (Å²) in [5.41, 5.74) is 2.26. The summed E-state index contributed by atoms with van der Waals surface area (Å²) in [6.07, 6.45) is 3.20. The maximum Gasteiger partial charge on any atom is 0.148 e. The van der Waals surface area contributed by atoms with Crippen molar-refractivity contribution in [1.29, 1.82) is 0 Å². The molecule has 0 aromatic heterocycles. The summed E-state index contributed by atoms with van der Waals surface area (Å²) < 4.78 is 17.3. The maximum atomic E-state index is 5.58. The van der Waals surface area contributed by atoms with Gasteiger partial charge in [-0.1, -0.05) is 6.08 Å². The molecule has 5 heteroatoms. The molecule has 0 bridgehead atoms. The van der Waals surface area contributed by atoms with Crippen LogP contribution in [-0.2, 0) is 0 Å². The highest BCUT2D eigenvalue weighted by atomic mass is 79.9. The first-order valence-corrected chi connectivity index (χ1v) is 7.28. The number of nitrogens with zero attached hydrogens (tertiary/aromatic N) is 1. The Bertz CT molecular complexity index is 528.